The lowest BCUT2D eigenvalue weighted by Gasteiger charge is -2.33. The predicted octanol–water partition coefficient (Wildman–Crippen LogP) is 3.67. The number of amides is 1. The van der Waals surface area contributed by atoms with E-state index in [0.29, 0.717) is 13.1 Å². The van der Waals surface area contributed by atoms with Gasteiger partial charge in [-0.1, -0.05) is 0 Å². The summed E-state index contributed by atoms with van der Waals surface area (Å²) in [5.74, 6) is 1.80. The van der Waals surface area contributed by atoms with Crippen molar-refractivity contribution < 1.29 is 9.53 Å². The van der Waals surface area contributed by atoms with Crippen LogP contribution < -0.4 is 4.90 Å². The molecule has 1 fully saturated rings. The fourth-order valence-corrected chi connectivity index (χ4v) is 5.04. The van der Waals surface area contributed by atoms with Crippen LogP contribution in [-0.4, -0.2) is 71.9 Å². The van der Waals surface area contributed by atoms with E-state index in [9.17, 15) is 4.79 Å². The quantitative estimate of drug-likeness (QED) is 0.621. The highest BCUT2D eigenvalue weighted by Crippen LogP contribution is 2.34. The Morgan fingerprint density at radius 2 is 2.15 bits per heavy atom. The first-order chi connectivity index (χ1) is 15.9. The number of fused-ring (bicyclic) bond motifs is 1. The molecule has 3 aromatic rings. The first-order valence-corrected chi connectivity index (χ1v) is 12.2. The number of piperidine rings is 1. The zero-order chi connectivity index (χ0) is 23.0. The average Bonchev–Trinajstić information content (AvgIpc) is 3.48. The lowest BCUT2D eigenvalue weighted by molar-refractivity contribution is 0.0160. The van der Waals surface area contributed by atoms with Gasteiger partial charge in [-0.05, 0) is 39.7 Å². The molecule has 0 aromatic carbocycles. The van der Waals surface area contributed by atoms with E-state index < -0.39 is 5.60 Å². The van der Waals surface area contributed by atoms with Gasteiger partial charge in [0.05, 0.1) is 22.5 Å². The van der Waals surface area contributed by atoms with Crippen LogP contribution in [0.4, 0.5) is 10.6 Å². The number of likely N-dealkylation sites (tertiary alicyclic amines) is 1. The summed E-state index contributed by atoms with van der Waals surface area (Å²) >= 11 is 1.76. The van der Waals surface area contributed by atoms with E-state index in [4.69, 9.17) is 9.84 Å². The van der Waals surface area contributed by atoms with Gasteiger partial charge in [0.2, 0.25) is 0 Å². The number of rotatable bonds is 3. The van der Waals surface area contributed by atoms with Crippen LogP contribution in [0.3, 0.4) is 0 Å². The van der Waals surface area contributed by atoms with E-state index in [1.54, 1.807) is 34.0 Å². The molecule has 11 heteroatoms. The van der Waals surface area contributed by atoms with E-state index in [2.05, 4.69) is 31.2 Å². The molecule has 2 aliphatic rings. The van der Waals surface area contributed by atoms with Gasteiger partial charge in [-0.3, -0.25) is 0 Å². The maximum Gasteiger partial charge on any atom is 0.410 e. The van der Waals surface area contributed by atoms with Gasteiger partial charge in [0.25, 0.3) is 0 Å². The summed E-state index contributed by atoms with van der Waals surface area (Å²) in [5, 5.41) is 10.3. The van der Waals surface area contributed by atoms with Crippen LogP contribution in [0.2, 0.25) is 0 Å². The molecule has 5 heterocycles. The summed E-state index contributed by atoms with van der Waals surface area (Å²) in [6.45, 7) is 7.75. The Labute approximate surface area is 196 Å². The lowest BCUT2D eigenvalue weighted by Crippen LogP contribution is -2.43. The molecule has 5 rings (SSSR count). The van der Waals surface area contributed by atoms with Gasteiger partial charge in [-0.25, -0.2) is 14.8 Å². The summed E-state index contributed by atoms with van der Waals surface area (Å²) < 4.78 is 5.55. The third-order valence-electron chi connectivity index (χ3n) is 5.60. The summed E-state index contributed by atoms with van der Waals surface area (Å²) in [6.07, 6.45) is 8.90. The average molecular weight is 469 g/mol. The molecule has 1 amide bonds. The number of hydrogen-bond acceptors (Lipinski definition) is 8. The number of nitrogens with zero attached hydrogens (tertiary/aromatic N) is 7. The molecule has 1 unspecified atom stereocenters. The summed E-state index contributed by atoms with van der Waals surface area (Å²) in [6, 6.07) is 2.03. The number of nitrogens with one attached hydrogen (secondary N) is 1. The highest BCUT2D eigenvalue weighted by Gasteiger charge is 2.30. The zero-order valence-corrected chi connectivity index (χ0v) is 19.9. The minimum atomic E-state index is -0.507. The predicted molar refractivity (Wildman–Crippen MR) is 128 cm³/mol. The van der Waals surface area contributed by atoms with E-state index in [-0.39, 0.29) is 12.1 Å². The number of carbonyl (C=O) groups is 1. The van der Waals surface area contributed by atoms with Crippen molar-refractivity contribution in [3.8, 4) is 0 Å². The number of aromatic amines is 1. The second-order valence-electron chi connectivity index (χ2n) is 9.25. The standard InChI is InChI=1S/C22H28N8O2S/c1-22(2,3)32-21(31)29-8-4-5-15(12-29)30-26-11-17(27-30)18-13-28(9-10-33-18)20-16-6-7-23-19(16)24-14-25-20/h6-7,11,13-15H,4-5,8-10,12H2,1-3H3,(H,23,24,25). The highest BCUT2D eigenvalue weighted by molar-refractivity contribution is 8.08. The molecule has 0 spiro atoms. The number of hydrogen-bond donors (Lipinski definition) is 1. The summed E-state index contributed by atoms with van der Waals surface area (Å²) in [5.41, 5.74) is 1.15. The third-order valence-corrected chi connectivity index (χ3v) is 6.62. The van der Waals surface area contributed by atoms with Gasteiger partial charge < -0.3 is 19.5 Å². The van der Waals surface area contributed by atoms with Gasteiger partial charge in [-0.2, -0.15) is 15.0 Å². The molecule has 2 aliphatic heterocycles. The second-order valence-corrected chi connectivity index (χ2v) is 10.4. The maximum absolute atomic E-state index is 12.5. The molecule has 0 bridgehead atoms. The molecule has 3 aromatic heterocycles. The van der Waals surface area contributed by atoms with Crippen molar-refractivity contribution in [3.63, 3.8) is 0 Å². The maximum atomic E-state index is 12.5. The smallest absolute Gasteiger partial charge is 0.410 e. The minimum absolute atomic E-state index is 0.0339. The first-order valence-electron chi connectivity index (χ1n) is 11.2. The van der Waals surface area contributed by atoms with Crippen molar-refractivity contribution in [2.24, 2.45) is 0 Å². The minimum Gasteiger partial charge on any atom is -0.444 e. The number of aromatic nitrogens is 6. The zero-order valence-electron chi connectivity index (χ0n) is 19.1. The highest BCUT2D eigenvalue weighted by atomic mass is 32.2. The first kappa shape index (κ1) is 21.7. The van der Waals surface area contributed by atoms with E-state index in [0.717, 1.165) is 52.6 Å². The molecule has 10 nitrogen and oxygen atoms in total. The third kappa shape index (κ3) is 4.68. The Morgan fingerprint density at radius 1 is 1.27 bits per heavy atom. The van der Waals surface area contributed by atoms with E-state index in [1.165, 1.54) is 0 Å². The number of H-pyrrole nitrogens is 1. The van der Waals surface area contributed by atoms with Crippen LogP contribution in [0.15, 0.2) is 31.0 Å². The fraction of sp³-hybridized carbons (Fsp3) is 0.500. The van der Waals surface area contributed by atoms with Crippen LogP contribution in [0, 0.1) is 0 Å². The molecular weight excluding hydrogens is 440 g/mol. The molecule has 1 atom stereocenters. The Hall–Kier alpha value is -3.08. The van der Waals surface area contributed by atoms with Gasteiger partial charge in [0, 0.05) is 37.8 Å². The number of anilines is 1. The van der Waals surface area contributed by atoms with Crippen molar-refractivity contribution in [1.82, 2.24) is 34.8 Å². The SMILES string of the molecule is CC(C)(C)OC(=O)N1CCCC(n2ncc(C3=CN(c4ncnc5[nH]ccc45)CCS3)n2)C1. The van der Waals surface area contributed by atoms with E-state index >= 15 is 0 Å². The van der Waals surface area contributed by atoms with Gasteiger partial charge in [-0.15, -0.1) is 11.8 Å². The molecular formula is C22H28N8O2S. The lowest BCUT2D eigenvalue weighted by atomic mass is 10.1. The van der Waals surface area contributed by atoms with Crippen LogP contribution in [-0.2, 0) is 4.74 Å². The molecule has 0 aliphatic carbocycles. The Morgan fingerprint density at radius 3 is 3.00 bits per heavy atom. The normalized spacial score (nSPS) is 19.6. The van der Waals surface area contributed by atoms with Crippen LogP contribution in [0.1, 0.15) is 45.3 Å². The van der Waals surface area contributed by atoms with Crippen molar-refractivity contribution >= 4 is 39.6 Å². The molecule has 174 valence electrons. The monoisotopic (exact) mass is 468 g/mol. The molecule has 0 radical (unpaired) electrons. The molecule has 33 heavy (non-hydrogen) atoms. The van der Waals surface area contributed by atoms with Crippen LogP contribution >= 0.6 is 11.8 Å². The summed E-state index contributed by atoms with van der Waals surface area (Å²) in [7, 11) is 0. The fourth-order valence-electron chi connectivity index (χ4n) is 4.09. The van der Waals surface area contributed by atoms with Gasteiger partial charge in [0.15, 0.2) is 0 Å². The molecule has 1 saturated heterocycles. The largest absolute Gasteiger partial charge is 0.444 e. The van der Waals surface area contributed by atoms with Crippen molar-refractivity contribution in [1.29, 1.82) is 0 Å². The Balaban J connectivity index is 1.33. The van der Waals surface area contributed by atoms with E-state index in [1.807, 2.05) is 33.0 Å². The Bertz CT molecular complexity index is 1180. The van der Waals surface area contributed by atoms with Crippen molar-refractivity contribution in [3.05, 3.63) is 36.7 Å². The molecule has 0 saturated carbocycles. The molecule has 1 N–H and O–H groups in total. The number of ether oxygens (including phenoxy) is 1. The van der Waals surface area contributed by atoms with Crippen LogP contribution in [0.25, 0.3) is 15.9 Å². The van der Waals surface area contributed by atoms with Gasteiger partial charge >= 0.3 is 6.09 Å². The van der Waals surface area contributed by atoms with Crippen molar-refractivity contribution in [2.45, 2.75) is 45.3 Å². The number of thioether (sulfide) groups is 1. The van der Waals surface area contributed by atoms with Crippen molar-refractivity contribution in [2.75, 3.05) is 30.3 Å². The summed E-state index contributed by atoms with van der Waals surface area (Å²) in [4.78, 5) is 31.2. The topological polar surface area (TPSA) is 105 Å². The number of carbonyl (C=O) groups excluding carboxylic acids is 1. The second kappa shape index (κ2) is 8.69. The van der Waals surface area contributed by atoms with Crippen LogP contribution in [0.5, 0.6) is 0 Å². The van der Waals surface area contributed by atoms with Gasteiger partial charge in [0.1, 0.15) is 29.1 Å². The Kier molecular flexibility index (Phi) is 5.73.